The number of rotatable bonds is 13. The number of carbonyl (C=O) groups excluding carboxylic acids is 1. The fourth-order valence-corrected chi connectivity index (χ4v) is 4.12. The van der Waals surface area contributed by atoms with Crippen molar-refractivity contribution in [1.82, 2.24) is 0 Å². The van der Waals surface area contributed by atoms with Gasteiger partial charge in [-0.3, -0.25) is 4.79 Å². The SMILES string of the molecule is CCCCOc1cc(C=CC(=O)O)ccc1OC(=O)CCCCC[Si](Cl)(Cl)Cl. The molecule has 0 fully saturated rings. The van der Waals surface area contributed by atoms with E-state index >= 15 is 0 Å². The second-order valence-corrected chi connectivity index (χ2v) is 15.5. The van der Waals surface area contributed by atoms with Gasteiger partial charge in [-0.15, -0.1) is 33.2 Å². The van der Waals surface area contributed by atoms with E-state index in [0.717, 1.165) is 31.8 Å². The molecule has 1 aromatic rings. The summed E-state index contributed by atoms with van der Waals surface area (Å²) in [4.78, 5) is 22.8. The Morgan fingerprint density at radius 2 is 1.86 bits per heavy atom. The molecule has 0 heterocycles. The number of carbonyl (C=O) groups is 2. The van der Waals surface area contributed by atoms with Crippen LogP contribution in [0.5, 0.6) is 11.5 Å². The van der Waals surface area contributed by atoms with Crippen LogP contribution in [-0.4, -0.2) is 29.7 Å². The molecular weight excluding hydrogens is 443 g/mol. The molecule has 1 N–H and O–H groups in total. The summed E-state index contributed by atoms with van der Waals surface area (Å²) in [6.07, 6.45) is 6.78. The van der Waals surface area contributed by atoms with E-state index in [1.165, 1.54) is 6.08 Å². The summed E-state index contributed by atoms with van der Waals surface area (Å²) in [6.45, 7) is 2.52. The van der Waals surface area contributed by atoms with E-state index in [1.54, 1.807) is 18.2 Å². The highest BCUT2D eigenvalue weighted by molar-refractivity contribution is 7.64. The van der Waals surface area contributed by atoms with Crippen LogP contribution in [-0.2, 0) is 9.59 Å². The van der Waals surface area contributed by atoms with Gasteiger partial charge in [0.1, 0.15) is 0 Å². The summed E-state index contributed by atoms with van der Waals surface area (Å²) in [6, 6.07) is 2.91. The van der Waals surface area contributed by atoms with E-state index in [1.807, 2.05) is 6.92 Å². The third-order valence-corrected chi connectivity index (χ3v) is 6.33. The molecule has 0 bridgehead atoms. The highest BCUT2D eigenvalue weighted by Crippen LogP contribution is 2.30. The van der Waals surface area contributed by atoms with Crippen molar-refractivity contribution in [2.75, 3.05) is 6.61 Å². The van der Waals surface area contributed by atoms with Crippen molar-refractivity contribution in [2.45, 2.75) is 51.5 Å². The van der Waals surface area contributed by atoms with Crippen LogP contribution >= 0.6 is 33.2 Å². The predicted molar refractivity (Wildman–Crippen MR) is 116 cm³/mol. The maximum atomic E-state index is 12.1. The largest absolute Gasteiger partial charge is 0.490 e. The lowest BCUT2D eigenvalue weighted by molar-refractivity contribution is -0.134. The van der Waals surface area contributed by atoms with Gasteiger partial charge in [0, 0.05) is 12.5 Å². The Balaban J connectivity index is 2.65. The number of carboxylic acids is 1. The molecular formula is C19H25Cl3O5Si. The quantitative estimate of drug-likeness (QED) is 0.0949. The van der Waals surface area contributed by atoms with Gasteiger partial charge in [-0.25, -0.2) is 4.79 Å². The third-order valence-electron chi connectivity index (χ3n) is 3.71. The van der Waals surface area contributed by atoms with Crippen molar-refractivity contribution in [3.8, 4) is 11.5 Å². The number of esters is 1. The van der Waals surface area contributed by atoms with E-state index in [0.29, 0.717) is 36.1 Å². The summed E-state index contributed by atoms with van der Waals surface area (Å²) in [7, 11) is 0. The number of hydrogen-bond donors (Lipinski definition) is 1. The van der Waals surface area contributed by atoms with E-state index < -0.39 is 12.0 Å². The number of ether oxygens (including phenoxy) is 2. The Morgan fingerprint density at radius 3 is 2.50 bits per heavy atom. The van der Waals surface area contributed by atoms with Crippen LogP contribution in [0.15, 0.2) is 24.3 Å². The van der Waals surface area contributed by atoms with E-state index in [-0.39, 0.29) is 12.4 Å². The van der Waals surface area contributed by atoms with Crippen molar-refractivity contribution < 1.29 is 24.2 Å². The molecule has 0 saturated heterocycles. The molecule has 0 unspecified atom stereocenters. The van der Waals surface area contributed by atoms with Crippen LogP contribution in [0, 0.1) is 0 Å². The first kappa shape index (κ1) is 24.8. The normalized spacial score (nSPS) is 11.6. The maximum Gasteiger partial charge on any atom is 0.341 e. The molecule has 9 heteroatoms. The number of hydrogen-bond acceptors (Lipinski definition) is 4. The maximum absolute atomic E-state index is 12.1. The standard InChI is InChI=1S/C19H25Cl3O5Si/c1-2-3-12-26-17-14-15(9-11-18(23)24)8-10-16(17)27-19(25)7-5-4-6-13-28(20,21)22/h8-11,14H,2-7,12-13H2,1H3,(H,23,24). The first-order valence-corrected chi connectivity index (χ1v) is 14.4. The Labute approximate surface area is 180 Å². The Hall–Kier alpha value is -1.21. The van der Waals surface area contributed by atoms with E-state index in [4.69, 9.17) is 47.8 Å². The van der Waals surface area contributed by atoms with Crippen molar-refractivity contribution in [2.24, 2.45) is 0 Å². The summed E-state index contributed by atoms with van der Waals surface area (Å²) in [5.41, 5.74) is 0.643. The molecule has 0 amide bonds. The van der Waals surface area contributed by atoms with Crippen LogP contribution in [0.25, 0.3) is 6.08 Å². The number of unbranched alkanes of at least 4 members (excludes halogenated alkanes) is 3. The van der Waals surface area contributed by atoms with Crippen LogP contribution < -0.4 is 9.47 Å². The van der Waals surface area contributed by atoms with Gasteiger partial charge in [0.05, 0.1) is 6.61 Å². The molecule has 0 radical (unpaired) electrons. The summed E-state index contributed by atoms with van der Waals surface area (Å²) in [5, 5.41) is 8.75. The number of halogens is 3. The zero-order valence-corrected chi connectivity index (χ0v) is 19.0. The lowest BCUT2D eigenvalue weighted by atomic mass is 10.2. The predicted octanol–water partition coefficient (Wildman–Crippen LogP) is 6.08. The van der Waals surface area contributed by atoms with Gasteiger partial charge in [-0.05, 0) is 42.7 Å². The molecule has 5 nitrogen and oxygen atoms in total. The van der Waals surface area contributed by atoms with Gasteiger partial charge in [0.25, 0.3) is 0 Å². The Morgan fingerprint density at radius 1 is 1.11 bits per heavy atom. The number of carboxylic acid groups (broad SMARTS) is 1. The van der Waals surface area contributed by atoms with Gasteiger partial charge in [0.15, 0.2) is 11.5 Å². The molecule has 1 rings (SSSR count). The van der Waals surface area contributed by atoms with Crippen molar-refractivity contribution in [3.05, 3.63) is 29.8 Å². The molecule has 28 heavy (non-hydrogen) atoms. The monoisotopic (exact) mass is 466 g/mol. The smallest absolute Gasteiger partial charge is 0.341 e. The molecule has 0 aliphatic carbocycles. The first-order valence-electron chi connectivity index (χ1n) is 9.16. The van der Waals surface area contributed by atoms with Gasteiger partial charge in [-0.1, -0.05) is 32.3 Å². The molecule has 0 aromatic heterocycles. The van der Waals surface area contributed by atoms with E-state index in [9.17, 15) is 9.59 Å². The molecule has 0 aliphatic rings. The zero-order chi connectivity index (χ0) is 21.0. The minimum Gasteiger partial charge on any atom is -0.490 e. The molecule has 0 saturated carbocycles. The third kappa shape index (κ3) is 11.6. The lowest BCUT2D eigenvalue weighted by Gasteiger charge is -2.12. The average molecular weight is 468 g/mol. The van der Waals surface area contributed by atoms with Crippen LogP contribution in [0.3, 0.4) is 0 Å². The lowest BCUT2D eigenvalue weighted by Crippen LogP contribution is -2.10. The first-order chi connectivity index (χ1) is 13.2. The summed E-state index contributed by atoms with van der Waals surface area (Å²) < 4.78 is 11.1. The van der Waals surface area contributed by atoms with Crippen LogP contribution in [0.1, 0.15) is 51.0 Å². The topological polar surface area (TPSA) is 72.8 Å². The highest BCUT2D eigenvalue weighted by atomic mass is 35.8. The van der Waals surface area contributed by atoms with Gasteiger partial charge < -0.3 is 14.6 Å². The molecule has 156 valence electrons. The molecule has 1 aromatic carbocycles. The van der Waals surface area contributed by atoms with Crippen molar-refractivity contribution in [1.29, 1.82) is 0 Å². The molecule has 0 spiro atoms. The van der Waals surface area contributed by atoms with Crippen molar-refractivity contribution >= 4 is 57.3 Å². The highest BCUT2D eigenvalue weighted by Gasteiger charge is 2.23. The second-order valence-electron chi connectivity index (χ2n) is 6.23. The number of aliphatic carboxylic acids is 1. The molecule has 0 aliphatic heterocycles. The zero-order valence-electron chi connectivity index (χ0n) is 15.8. The van der Waals surface area contributed by atoms with Gasteiger partial charge in [-0.2, -0.15) is 0 Å². The fourth-order valence-electron chi connectivity index (χ4n) is 2.26. The van der Waals surface area contributed by atoms with Gasteiger partial charge in [0.2, 0.25) is 0 Å². The minimum atomic E-state index is -2.60. The summed E-state index contributed by atoms with van der Waals surface area (Å²) >= 11 is 17.5. The number of benzene rings is 1. The second kappa shape index (κ2) is 13.1. The van der Waals surface area contributed by atoms with Gasteiger partial charge >= 0.3 is 17.9 Å². The Kier molecular flexibility index (Phi) is 11.6. The Bertz CT molecular complexity index is 674. The summed E-state index contributed by atoms with van der Waals surface area (Å²) in [5.74, 6) is -0.666. The van der Waals surface area contributed by atoms with E-state index in [2.05, 4.69) is 0 Å². The minimum absolute atomic E-state index is 0.260. The molecule has 0 atom stereocenters. The van der Waals surface area contributed by atoms with Crippen molar-refractivity contribution in [3.63, 3.8) is 0 Å². The fraction of sp³-hybridized carbons (Fsp3) is 0.474. The van der Waals surface area contributed by atoms with Crippen LogP contribution in [0.2, 0.25) is 6.04 Å². The average Bonchev–Trinajstić information content (AvgIpc) is 2.60. The van der Waals surface area contributed by atoms with Crippen LogP contribution in [0.4, 0.5) is 0 Å².